The molecule has 0 amide bonds. The minimum atomic E-state index is 0.297. The van der Waals surface area contributed by atoms with Gasteiger partial charge < -0.3 is 10.6 Å². The third kappa shape index (κ3) is 1.40. The van der Waals surface area contributed by atoms with Gasteiger partial charge >= 0.3 is 0 Å². The monoisotopic (exact) mass is 196 g/mol. The quantitative estimate of drug-likeness (QED) is 0.668. The van der Waals surface area contributed by atoms with E-state index in [2.05, 4.69) is 45.4 Å². The van der Waals surface area contributed by atoms with E-state index < -0.39 is 0 Å². The SMILES string of the molecule is CNC1CC(C)(C)NC2(C1)C(C)C2C. The summed E-state index contributed by atoms with van der Waals surface area (Å²) in [5.41, 5.74) is 0.736. The summed E-state index contributed by atoms with van der Waals surface area (Å²) >= 11 is 0. The lowest BCUT2D eigenvalue weighted by Gasteiger charge is -2.43. The Morgan fingerprint density at radius 2 is 1.71 bits per heavy atom. The molecule has 1 aliphatic heterocycles. The predicted octanol–water partition coefficient (Wildman–Crippen LogP) is 1.76. The Hall–Kier alpha value is -0.0800. The molecule has 3 atom stereocenters. The molecule has 0 bridgehead atoms. The molecule has 0 aromatic heterocycles. The second-order valence-corrected chi connectivity index (χ2v) is 6.02. The molecule has 2 fully saturated rings. The third-order valence-electron chi connectivity index (χ3n) is 4.59. The van der Waals surface area contributed by atoms with Crippen molar-refractivity contribution >= 4 is 0 Å². The second-order valence-electron chi connectivity index (χ2n) is 6.02. The Morgan fingerprint density at radius 3 is 2.14 bits per heavy atom. The van der Waals surface area contributed by atoms with Crippen molar-refractivity contribution in [2.45, 2.75) is 57.7 Å². The van der Waals surface area contributed by atoms with E-state index >= 15 is 0 Å². The Kier molecular flexibility index (Phi) is 2.20. The molecule has 1 aliphatic carbocycles. The fourth-order valence-electron chi connectivity index (χ4n) is 3.49. The molecule has 2 N–H and O–H groups in total. The molecule has 1 spiro atoms. The van der Waals surface area contributed by atoms with Crippen molar-refractivity contribution < 1.29 is 0 Å². The van der Waals surface area contributed by atoms with Crippen LogP contribution < -0.4 is 10.6 Å². The van der Waals surface area contributed by atoms with Gasteiger partial charge in [0.2, 0.25) is 0 Å². The van der Waals surface area contributed by atoms with Crippen LogP contribution in [0.2, 0.25) is 0 Å². The van der Waals surface area contributed by atoms with Crippen molar-refractivity contribution in [1.82, 2.24) is 10.6 Å². The summed E-state index contributed by atoms with van der Waals surface area (Å²) in [6.07, 6.45) is 2.54. The van der Waals surface area contributed by atoms with E-state index in [1.54, 1.807) is 0 Å². The van der Waals surface area contributed by atoms with Gasteiger partial charge in [-0.15, -0.1) is 0 Å². The molecule has 1 saturated heterocycles. The zero-order valence-electron chi connectivity index (χ0n) is 10.1. The van der Waals surface area contributed by atoms with E-state index in [1.165, 1.54) is 12.8 Å². The van der Waals surface area contributed by atoms with Gasteiger partial charge in [0.25, 0.3) is 0 Å². The molecule has 2 rings (SSSR count). The molecule has 2 nitrogen and oxygen atoms in total. The lowest BCUT2D eigenvalue weighted by Crippen LogP contribution is -2.59. The fourth-order valence-corrected chi connectivity index (χ4v) is 3.49. The van der Waals surface area contributed by atoms with Gasteiger partial charge in [0, 0.05) is 17.1 Å². The first-order valence-electron chi connectivity index (χ1n) is 5.88. The number of rotatable bonds is 1. The van der Waals surface area contributed by atoms with Crippen LogP contribution in [0.4, 0.5) is 0 Å². The molecule has 0 aromatic carbocycles. The lowest BCUT2D eigenvalue weighted by atomic mass is 9.83. The van der Waals surface area contributed by atoms with Gasteiger partial charge in [-0.25, -0.2) is 0 Å². The van der Waals surface area contributed by atoms with Gasteiger partial charge in [0.1, 0.15) is 0 Å². The Labute approximate surface area is 87.8 Å². The number of hydrogen-bond acceptors (Lipinski definition) is 2. The van der Waals surface area contributed by atoms with E-state index in [-0.39, 0.29) is 0 Å². The summed E-state index contributed by atoms with van der Waals surface area (Å²) < 4.78 is 0. The Morgan fingerprint density at radius 1 is 1.14 bits per heavy atom. The normalized spacial score (nSPS) is 50.8. The molecule has 0 aromatic rings. The smallest absolute Gasteiger partial charge is 0.0258 e. The van der Waals surface area contributed by atoms with E-state index in [4.69, 9.17) is 0 Å². The highest BCUT2D eigenvalue weighted by Crippen LogP contribution is 2.56. The van der Waals surface area contributed by atoms with Crippen LogP contribution in [0.1, 0.15) is 40.5 Å². The summed E-state index contributed by atoms with van der Waals surface area (Å²) in [5, 5.41) is 7.32. The predicted molar refractivity (Wildman–Crippen MR) is 60.4 cm³/mol. The standard InChI is InChI=1S/C12H24N2/c1-8-9(2)12(8)7-10(13-5)6-11(3,4)14-12/h8-10,13-14H,6-7H2,1-5H3. The molecular formula is C12H24N2. The first-order valence-corrected chi connectivity index (χ1v) is 5.88. The average Bonchev–Trinajstić information content (AvgIpc) is 2.55. The molecule has 82 valence electrons. The topological polar surface area (TPSA) is 24.1 Å². The summed E-state index contributed by atoms with van der Waals surface area (Å²) in [6, 6.07) is 0.693. The number of piperidine rings is 1. The maximum Gasteiger partial charge on any atom is 0.0258 e. The highest BCUT2D eigenvalue weighted by atomic mass is 15.2. The van der Waals surface area contributed by atoms with E-state index in [1.807, 2.05) is 0 Å². The minimum absolute atomic E-state index is 0.297. The van der Waals surface area contributed by atoms with Crippen LogP contribution in [0, 0.1) is 11.8 Å². The maximum atomic E-state index is 3.87. The first kappa shape index (κ1) is 10.4. The first-order chi connectivity index (χ1) is 6.41. The summed E-state index contributed by atoms with van der Waals surface area (Å²) in [5.74, 6) is 1.69. The summed E-state index contributed by atoms with van der Waals surface area (Å²) in [4.78, 5) is 0. The van der Waals surface area contributed by atoms with Gasteiger partial charge in [0.05, 0.1) is 0 Å². The van der Waals surface area contributed by atoms with Crippen LogP contribution in [0.25, 0.3) is 0 Å². The molecule has 3 unspecified atom stereocenters. The van der Waals surface area contributed by atoms with E-state index in [0.29, 0.717) is 17.1 Å². The van der Waals surface area contributed by atoms with Crippen molar-refractivity contribution in [1.29, 1.82) is 0 Å². The van der Waals surface area contributed by atoms with Crippen LogP contribution in [-0.4, -0.2) is 24.2 Å². The van der Waals surface area contributed by atoms with Crippen LogP contribution in [0.15, 0.2) is 0 Å². The fraction of sp³-hybridized carbons (Fsp3) is 1.00. The third-order valence-corrected chi connectivity index (χ3v) is 4.59. The largest absolute Gasteiger partial charge is 0.317 e. The molecule has 2 aliphatic rings. The van der Waals surface area contributed by atoms with Crippen molar-refractivity contribution in [2.24, 2.45) is 11.8 Å². The highest BCUT2D eigenvalue weighted by molar-refractivity contribution is 5.20. The number of nitrogens with one attached hydrogen (secondary N) is 2. The number of hydrogen-bond donors (Lipinski definition) is 2. The van der Waals surface area contributed by atoms with Crippen LogP contribution in [-0.2, 0) is 0 Å². The highest BCUT2D eigenvalue weighted by Gasteiger charge is 2.62. The Bertz CT molecular complexity index is 226. The molecular weight excluding hydrogens is 172 g/mol. The summed E-state index contributed by atoms with van der Waals surface area (Å²) in [7, 11) is 2.09. The van der Waals surface area contributed by atoms with Crippen molar-refractivity contribution in [3.8, 4) is 0 Å². The zero-order chi connectivity index (χ0) is 10.6. The van der Waals surface area contributed by atoms with Gasteiger partial charge in [-0.3, -0.25) is 0 Å². The molecule has 2 heteroatoms. The van der Waals surface area contributed by atoms with E-state index in [0.717, 1.165) is 11.8 Å². The van der Waals surface area contributed by atoms with Crippen molar-refractivity contribution in [3.05, 3.63) is 0 Å². The van der Waals surface area contributed by atoms with Gasteiger partial charge in [-0.05, 0) is 45.6 Å². The van der Waals surface area contributed by atoms with E-state index in [9.17, 15) is 0 Å². The average molecular weight is 196 g/mol. The molecule has 1 saturated carbocycles. The van der Waals surface area contributed by atoms with Crippen LogP contribution >= 0.6 is 0 Å². The van der Waals surface area contributed by atoms with Crippen molar-refractivity contribution in [2.75, 3.05) is 7.05 Å². The molecule has 14 heavy (non-hydrogen) atoms. The second kappa shape index (κ2) is 2.96. The summed E-state index contributed by atoms with van der Waals surface area (Å²) in [6.45, 7) is 9.42. The Balaban J connectivity index is 2.14. The van der Waals surface area contributed by atoms with Crippen molar-refractivity contribution in [3.63, 3.8) is 0 Å². The van der Waals surface area contributed by atoms with Crippen LogP contribution in [0.3, 0.4) is 0 Å². The maximum absolute atomic E-state index is 3.87. The van der Waals surface area contributed by atoms with Gasteiger partial charge in [-0.2, -0.15) is 0 Å². The lowest BCUT2D eigenvalue weighted by molar-refractivity contribution is 0.175. The minimum Gasteiger partial charge on any atom is -0.317 e. The zero-order valence-corrected chi connectivity index (χ0v) is 10.1. The molecule has 1 heterocycles. The molecule has 0 radical (unpaired) electrons. The van der Waals surface area contributed by atoms with Crippen LogP contribution in [0.5, 0.6) is 0 Å². The van der Waals surface area contributed by atoms with Gasteiger partial charge in [0.15, 0.2) is 0 Å². The van der Waals surface area contributed by atoms with Gasteiger partial charge in [-0.1, -0.05) is 13.8 Å².